The lowest BCUT2D eigenvalue weighted by molar-refractivity contribution is -0.120. The number of hydrogen-bond acceptors (Lipinski definition) is 5. The van der Waals surface area contributed by atoms with Crippen molar-refractivity contribution in [3.05, 3.63) is 47.7 Å². The average molecular weight is 327 g/mol. The molecule has 0 spiro atoms. The van der Waals surface area contributed by atoms with Gasteiger partial charge in [0, 0.05) is 19.2 Å². The predicted molar refractivity (Wildman–Crippen MR) is 91.6 cm³/mol. The summed E-state index contributed by atoms with van der Waals surface area (Å²) in [5, 5.41) is 15.9. The molecule has 6 nitrogen and oxygen atoms in total. The molecule has 1 amide bonds. The van der Waals surface area contributed by atoms with Gasteiger partial charge in [-0.3, -0.25) is 15.0 Å². The van der Waals surface area contributed by atoms with Crippen LogP contribution in [0.15, 0.2) is 40.9 Å². The van der Waals surface area contributed by atoms with Gasteiger partial charge in [0.2, 0.25) is 11.8 Å². The van der Waals surface area contributed by atoms with Crippen LogP contribution in [-0.4, -0.2) is 40.2 Å². The fraction of sp³-hybridized carbons (Fsp3) is 0.333. The molecule has 1 aliphatic heterocycles. The number of benzene rings is 1. The van der Waals surface area contributed by atoms with E-state index in [0.717, 1.165) is 24.2 Å². The maximum atomic E-state index is 12.3. The highest BCUT2D eigenvalue weighted by atomic mass is 16.5. The highest BCUT2D eigenvalue weighted by molar-refractivity contribution is 5.93. The van der Waals surface area contributed by atoms with Crippen LogP contribution >= 0.6 is 0 Å². The summed E-state index contributed by atoms with van der Waals surface area (Å²) >= 11 is 0. The van der Waals surface area contributed by atoms with E-state index in [1.165, 1.54) is 5.57 Å². The van der Waals surface area contributed by atoms with Gasteiger partial charge in [-0.05, 0) is 43.5 Å². The molecule has 1 aromatic carbocycles. The molecule has 1 atom stereocenters. The van der Waals surface area contributed by atoms with Crippen LogP contribution in [0, 0.1) is 6.92 Å². The van der Waals surface area contributed by atoms with E-state index in [1.807, 2.05) is 26.0 Å². The fourth-order valence-electron chi connectivity index (χ4n) is 2.79. The molecule has 0 unspecified atom stereocenters. The van der Waals surface area contributed by atoms with Crippen molar-refractivity contribution in [2.24, 2.45) is 0 Å². The Bertz CT molecular complexity index is 749. The second kappa shape index (κ2) is 6.88. The molecule has 0 aliphatic carbocycles. The number of phenols is 1. The third kappa shape index (κ3) is 3.65. The minimum atomic E-state index is -0.256. The Kier molecular flexibility index (Phi) is 4.66. The number of phenolic OH excluding ortho intramolecular Hbond substituents is 1. The van der Waals surface area contributed by atoms with E-state index in [-0.39, 0.29) is 17.7 Å². The van der Waals surface area contributed by atoms with Crippen molar-refractivity contribution in [1.29, 1.82) is 0 Å². The maximum absolute atomic E-state index is 12.3. The zero-order chi connectivity index (χ0) is 17.1. The molecule has 1 aromatic heterocycles. The standard InChI is InChI=1S/C18H21N3O3/c1-12-11-17(24-20-12)19-18(23)13(2)21-9-7-15(8-10-21)14-3-5-16(22)6-4-14/h3-7,11,13,22H,8-10H2,1-2H3,(H,19,23)/t13-/m1/s1. The number of amides is 1. The Morgan fingerprint density at radius 2 is 2.12 bits per heavy atom. The Morgan fingerprint density at radius 3 is 2.71 bits per heavy atom. The number of aryl methyl sites for hydroxylation is 1. The summed E-state index contributed by atoms with van der Waals surface area (Å²) < 4.78 is 5.02. The molecule has 0 bridgehead atoms. The lowest BCUT2D eigenvalue weighted by Crippen LogP contribution is -2.43. The lowest BCUT2D eigenvalue weighted by Gasteiger charge is -2.30. The van der Waals surface area contributed by atoms with Crippen LogP contribution in [0.25, 0.3) is 5.57 Å². The molecule has 0 fully saturated rings. The Balaban J connectivity index is 1.60. The molecular formula is C18H21N3O3. The summed E-state index contributed by atoms with van der Waals surface area (Å²) in [6.07, 6.45) is 3.00. The van der Waals surface area contributed by atoms with Crippen molar-refractivity contribution >= 4 is 17.4 Å². The quantitative estimate of drug-likeness (QED) is 0.903. The number of aromatic hydroxyl groups is 1. The van der Waals surface area contributed by atoms with E-state index >= 15 is 0 Å². The zero-order valence-electron chi connectivity index (χ0n) is 13.8. The molecule has 0 radical (unpaired) electrons. The van der Waals surface area contributed by atoms with Crippen LogP contribution in [0.3, 0.4) is 0 Å². The van der Waals surface area contributed by atoms with Gasteiger partial charge in [0.05, 0.1) is 11.7 Å². The van der Waals surface area contributed by atoms with Crippen LogP contribution in [0.2, 0.25) is 0 Å². The first-order valence-corrected chi connectivity index (χ1v) is 7.99. The fourth-order valence-corrected chi connectivity index (χ4v) is 2.79. The Hall–Kier alpha value is -2.60. The average Bonchev–Trinajstić information content (AvgIpc) is 3.00. The lowest BCUT2D eigenvalue weighted by atomic mass is 9.98. The third-order valence-corrected chi connectivity index (χ3v) is 4.28. The second-order valence-corrected chi connectivity index (χ2v) is 6.02. The number of nitrogens with one attached hydrogen (secondary N) is 1. The molecule has 6 heteroatoms. The van der Waals surface area contributed by atoms with Gasteiger partial charge in [-0.15, -0.1) is 0 Å². The number of carbonyl (C=O) groups excluding carboxylic acids is 1. The van der Waals surface area contributed by atoms with E-state index in [4.69, 9.17) is 4.52 Å². The van der Waals surface area contributed by atoms with Crippen molar-refractivity contribution in [2.45, 2.75) is 26.3 Å². The van der Waals surface area contributed by atoms with Crippen LogP contribution in [0.1, 0.15) is 24.6 Å². The van der Waals surface area contributed by atoms with Crippen LogP contribution in [0.4, 0.5) is 5.88 Å². The summed E-state index contributed by atoms with van der Waals surface area (Å²) in [6, 6.07) is 8.66. The van der Waals surface area contributed by atoms with Gasteiger partial charge in [-0.2, -0.15) is 0 Å². The molecule has 2 aromatic rings. The number of anilines is 1. The van der Waals surface area contributed by atoms with E-state index in [0.29, 0.717) is 12.4 Å². The normalized spacial score (nSPS) is 16.5. The van der Waals surface area contributed by atoms with Crippen molar-refractivity contribution in [3.8, 4) is 5.75 Å². The maximum Gasteiger partial charge on any atom is 0.243 e. The SMILES string of the molecule is Cc1cc(NC(=O)[C@@H](C)N2CC=C(c3ccc(O)cc3)CC2)on1. The Morgan fingerprint density at radius 1 is 1.38 bits per heavy atom. The van der Waals surface area contributed by atoms with E-state index in [9.17, 15) is 9.90 Å². The molecule has 0 saturated carbocycles. The number of nitrogens with zero attached hydrogens (tertiary/aromatic N) is 2. The molecule has 2 heterocycles. The summed E-state index contributed by atoms with van der Waals surface area (Å²) in [4.78, 5) is 14.4. The third-order valence-electron chi connectivity index (χ3n) is 4.28. The van der Waals surface area contributed by atoms with Crippen LogP contribution in [-0.2, 0) is 4.79 Å². The highest BCUT2D eigenvalue weighted by Crippen LogP contribution is 2.25. The smallest absolute Gasteiger partial charge is 0.243 e. The van der Waals surface area contributed by atoms with Gasteiger partial charge >= 0.3 is 0 Å². The van der Waals surface area contributed by atoms with Gasteiger partial charge in [0.15, 0.2) is 0 Å². The van der Waals surface area contributed by atoms with Gasteiger partial charge < -0.3 is 9.63 Å². The van der Waals surface area contributed by atoms with E-state index in [2.05, 4.69) is 21.4 Å². The van der Waals surface area contributed by atoms with Crippen LogP contribution in [0.5, 0.6) is 5.75 Å². The topological polar surface area (TPSA) is 78.6 Å². The molecule has 1 aliphatic rings. The molecular weight excluding hydrogens is 306 g/mol. The minimum Gasteiger partial charge on any atom is -0.508 e. The number of rotatable bonds is 4. The molecule has 126 valence electrons. The highest BCUT2D eigenvalue weighted by Gasteiger charge is 2.24. The summed E-state index contributed by atoms with van der Waals surface area (Å²) in [5.41, 5.74) is 3.09. The first kappa shape index (κ1) is 16.3. The van der Waals surface area contributed by atoms with Gasteiger partial charge in [-0.1, -0.05) is 23.4 Å². The number of carbonyl (C=O) groups is 1. The first-order valence-electron chi connectivity index (χ1n) is 7.99. The number of aromatic nitrogens is 1. The van der Waals surface area contributed by atoms with Crippen molar-refractivity contribution in [2.75, 3.05) is 18.4 Å². The largest absolute Gasteiger partial charge is 0.508 e. The first-order chi connectivity index (χ1) is 11.5. The van der Waals surface area contributed by atoms with Gasteiger partial charge in [0.25, 0.3) is 0 Å². The molecule has 24 heavy (non-hydrogen) atoms. The predicted octanol–water partition coefficient (Wildman–Crippen LogP) is 2.80. The van der Waals surface area contributed by atoms with Crippen molar-refractivity contribution in [3.63, 3.8) is 0 Å². The second-order valence-electron chi connectivity index (χ2n) is 6.02. The van der Waals surface area contributed by atoms with Gasteiger partial charge in [-0.25, -0.2) is 0 Å². The molecule has 2 N–H and O–H groups in total. The monoisotopic (exact) mass is 327 g/mol. The van der Waals surface area contributed by atoms with Gasteiger partial charge in [0.1, 0.15) is 5.75 Å². The molecule has 3 rings (SSSR count). The summed E-state index contributed by atoms with van der Waals surface area (Å²) in [5.74, 6) is 0.541. The zero-order valence-corrected chi connectivity index (χ0v) is 13.8. The number of hydrogen-bond donors (Lipinski definition) is 2. The van der Waals surface area contributed by atoms with Crippen LogP contribution < -0.4 is 5.32 Å². The summed E-state index contributed by atoms with van der Waals surface area (Å²) in [6.45, 7) is 5.21. The summed E-state index contributed by atoms with van der Waals surface area (Å²) in [7, 11) is 0. The molecule has 0 saturated heterocycles. The van der Waals surface area contributed by atoms with Crippen molar-refractivity contribution < 1.29 is 14.4 Å². The van der Waals surface area contributed by atoms with E-state index in [1.54, 1.807) is 18.2 Å². The van der Waals surface area contributed by atoms with E-state index < -0.39 is 0 Å². The Labute approximate surface area is 140 Å². The van der Waals surface area contributed by atoms with Crippen molar-refractivity contribution in [1.82, 2.24) is 10.1 Å². The minimum absolute atomic E-state index is 0.104.